The number of aromatic nitrogens is 1. The fourth-order valence-corrected chi connectivity index (χ4v) is 2.29. The van der Waals surface area contributed by atoms with E-state index in [1.165, 1.54) is 29.5 Å². The van der Waals surface area contributed by atoms with Gasteiger partial charge in [0.2, 0.25) is 0 Å². The number of carbonyl (C=O) groups is 1. The van der Waals surface area contributed by atoms with Gasteiger partial charge in [0.25, 0.3) is 11.6 Å². The van der Waals surface area contributed by atoms with E-state index >= 15 is 0 Å². The topological polar surface area (TPSA) is 97.2 Å². The Balaban J connectivity index is 2.21. The van der Waals surface area contributed by atoms with Gasteiger partial charge in [-0.05, 0) is 6.07 Å². The summed E-state index contributed by atoms with van der Waals surface area (Å²) in [6.07, 6.45) is 0. The van der Waals surface area contributed by atoms with E-state index in [4.69, 9.17) is 0 Å². The fourth-order valence-electron chi connectivity index (χ4n) is 1.74. The van der Waals surface area contributed by atoms with Crippen molar-refractivity contribution in [1.82, 2.24) is 10.3 Å². The first-order valence-corrected chi connectivity index (χ1v) is 6.68. The molecular weight excluding hydrogens is 280 g/mol. The maximum absolute atomic E-state index is 12.1. The first-order chi connectivity index (χ1) is 9.63. The molecule has 20 heavy (non-hydrogen) atoms. The molecule has 7 nitrogen and oxygen atoms in total. The van der Waals surface area contributed by atoms with Gasteiger partial charge < -0.3 is 10.6 Å². The Morgan fingerprint density at radius 2 is 2.30 bits per heavy atom. The van der Waals surface area contributed by atoms with Crippen LogP contribution in [0.15, 0.2) is 29.1 Å². The van der Waals surface area contributed by atoms with Crippen LogP contribution in [0.3, 0.4) is 0 Å². The zero-order valence-corrected chi connectivity index (χ0v) is 11.4. The third kappa shape index (κ3) is 2.91. The number of nitrogens with zero attached hydrogens (tertiary/aromatic N) is 2. The van der Waals surface area contributed by atoms with Crippen LogP contribution >= 0.6 is 11.3 Å². The van der Waals surface area contributed by atoms with Crippen molar-refractivity contribution in [3.8, 4) is 0 Å². The SMILES string of the molecule is CNc1c(C(=O)NCc2cscn2)cccc1[N+](=O)[O-]. The van der Waals surface area contributed by atoms with E-state index in [-0.39, 0.29) is 29.4 Å². The predicted molar refractivity (Wildman–Crippen MR) is 75.9 cm³/mol. The molecule has 1 heterocycles. The molecule has 0 radical (unpaired) electrons. The molecule has 8 heteroatoms. The largest absolute Gasteiger partial charge is 0.382 e. The molecule has 0 saturated heterocycles. The highest BCUT2D eigenvalue weighted by molar-refractivity contribution is 7.07. The number of nitro groups is 1. The standard InChI is InChI=1S/C12H12N4O3S/c1-13-11-9(3-2-4-10(11)16(18)19)12(17)14-5-8-6-20-7-15-8/h2-4,6-7,13H,5H2,1H3,(H,14,17). The predicted octanol–water partition coefficient (Wildman–Crippen LogP) is 2.02. The number of thiazole rings is 1. The smallest absolute Gasteiger partial charge is 0.293 e. The van der Waals surface area contributed by atoms with Gasteiger partial charge in [0.15, 0.2) is 0 Å². The number of hydrogen-bond donors (Lipinski definition) is 2. The number of nitrogens with one attached hydrogen (secondary N) is 2. The lowest BCUT2D eigenvalue weighted by Crippen LogP contribution is -2.24. The molecule has 2 aromatic rings. The van der Waals surface area contributed by atoms with Crippen LogP contribution in [0.5, 0.6) is 0 Å². The van der Waals surface area contributed by atoms with Crippen LogP contribution in [0.1, 0.15) is 16.1 Å². The number of para-hydroxylation sites is 1. The van der Waals surface area contributed by atoms with Gasteiger partial charge in [-0.25, -0.2) is 4.98 Å². The summed E-state index contributed by atoms with van der Waals surface area (Å²) in [5, 5.41) is 18.1. The zero-order chi connectivity index (χ0) is 14.5. The van der Waals surface area contributed by atoms with Crippen molar-refractivity contribution in [2.75, 3.05) is 12.4 Å². The second-order valence-corrected chi connectivity index (χ2v) is 4.59. The zero-order valence-electron chi connectivity index (χ0n) is 10.6. The molecule has 0 spiro atoms. The summed E-state index contributed by atoms with van der Waals surface area (Å²) in [5.41, 5.74) is 2.73. The minimum absolute atomic E-state index is 0.131. The molecule has 0 fully saturated rings. The number of benzene rings is 1. The Kier molecular flexibility index (Phi) is 4.26. The molecule has 1 aromatic heterocycles. The molecule has 1 amide bonds. The van der Waals surface area contributed by atoms with Gasteiger partial charge in [-0.2, -0.15) is 0 Å². The number of hydrogen-bond acceptors (Lipinski definition) is 6. The van der Waals surface area contributed by atoms with Crippen molar-refractivity contribution < 1.29 is 9.72 Å². The maximum atomic E-state index is 12.1. The van der Waals surface area contributed by atoms with E-state index in [1.54, 1.807) is 12.6 Å². The summed E-state index contributed by atoms with van der Waals surface area (Å²) < 4.78 is 0. The second kappa shape index (κ2) is 6.11. The van der Waals surface area contributed by atoms with E-state index in [9.17, 15) is 14.9 Å². The number of rotatable bonds is 5. The molecular formula is C12H12N4O3S. The van der Waals surface area contributed by atoms with Crippen LogP contribution in [-0.2, 0) is 6.54 Å². The summed E-state index contributed by atoms with van der Waals surface area (Å²) >= 11 is 1.44. The molecule has 0 aliphatic carbocycles. The van der Waals surface area contributed by atoms with Crippen LogP contribution in [0.25, 0.3) is 0 Å². The minimum Gasteiger partial charge on any atom is -0.382 e. The first kappa shape index (κ1) is 13.9. The molecule has 0 aliphatic rings. The molecule has 1 aromatic carbocycles. The number of anilines is 1. The Morgan fingerprint density at radius 3 is 2.90 bits per heavy atom. The molecule has 0 unspecified atom stereocenters. The maximum Gasteiger partial charge on any atom is 0.293 e. The highest BCUT2D eigenvalue weighted by Gasteiger charge is 2.20. The van der Waals surface area contributed by atoms with Crippen LogP contribution in [-0.4, -0.2) is 22.9 Å². The Labute approximate surface area is 118 Å². The lowest BCUT2D eigenvalue weighted by molar-refractivity contribution is -0.384. The number of nitro benzene ring substituents is 1. The third-order valence-electron chi connectivity index (χ3n) is 2.65. The summed E-state index contributed by atoms with van der Waals surface area (Å²) in [6.45, 7) is 0.286. The normalized spacial score (nSPS) is 10.1. The van der Waals surface area contributed by atoms with E-state index in [1.807, 2.05) is 5.38 Å². The van der Waals surface area contributed by atoms with E-state index in [0.717, 1.165) is 5.69 Å². The van der Waals surface area contributed by atoms with E-state index in [0.29, 0.717) is 0 Å². The summed E-state index contributed by atoms with van der Waals surface area (Å²) in [4.78, 5) is 26.5. The van der Waals surface area contributed by atoms with Crippen molar-refractivity contribution in [2.45, 2.75) is 6.54 Å². The highest BCUT2D eigenvalue weighted by atomic mass is 32.1. The number of amides is 1. The van der Waals surface area contributed by atoms with Gasteiger partial charge in [0, 0.05) is 18.5 Å². The lowest BCUT2D eigenvalue weighted by atomic mass is 10.1. The molecule has 2 N–H and O–H groups in total. The molecule has 0 saturated carbocycles. The average Bonchev–Trinajstić information content (AvgIpc) is 2.97. The minimum atomic E-state index is -0.525. The van der Waals surface area contributed by atoms with Crippen LogP contribution < -0.4 is 10.6 Å². The number of carbonyl (C=O) groups excluding carboxylic acids is 1. The van der Waals surface area contributed by atoms with Gasteiger partial charge in [0.1, 0.15) is 5.69 Å². The van der Waals surface area contributed by atoms with Crippen molar-refractivity contribution in [3.63, 3.8) is 0 Å². The van der Waals surface area contributed by atoms with Crippen molar-refractivity contribution in [3.05, 3.63) is 50.5 Å². The molecule has 2 rings (SSSR count). The second-order valence-electron chi connectivity index (χ2n) is 3.87. The van der Waals surface area contributed by atoms with Gasteiger partial charge in [0.05, 0.1) is 28.2 Å². The summed E-state index contributed by atoms with van der Waals surface area (Å²) in [7, 11) is 1.54. The van der Waals surface area contributed by atoms with Crippen LogP contribution in [0, 0.1) is 10.1 Å². The van der Waals surface area contributed by atoms with Gasteiger partial charge in [-0.15, -0.1) is 11.3 Å². The Bertz CT molecular complexity index is 628. The van der Waals surface area contributed by atoms with Gasteiger partial charge >= 0.3 is 0 Å². The van der Waals surface area contributed by atoms with Gasteiger partial charge in [-0.3, -0.25) is 14.9 Å². The summed E-state index contributed by atoms with van der Waals surface area (Å²) in [5.74, 6) is -0.383. The highest BCUT2D eigenvalue weighted by Crippen LogP contribution is 2.27. The van der Waals surface area contributed by atoms with E-state index < -0.39 is 4.92 Å². The first-order valence-electron chi connectivity index (χ1n) is 5.74. The quantitative estimate of drug-likeness (QED) is 0.649. The summed E-state index contributed by atoms with van der Waals surface area (Å²) in [6, 6.07) is 4.37. The molecule has 0 aliphatic heterocycles. The van der Waals surface area contributed by atoms with E-state index in [2.05, 4.69) is 15.6 Å². The lowest BCUT2D eigenvalue weighted by Gasteiger charge is -2.09. The third-order valence-corrected chi connectivity index (χ3v) is 3.28. The fraction of sp³-hybridized carbons (Fsp3) is 0.167. The van der Waals surface area contributed by atoms with Crippen molar-refractivity contribution in [1.29, 1.82) is 0 Å². The molecule has 0 atom stereocenters. The van der Waals surface area contributed by atoms with Crippen LogP contribution in [0.2, 0.25) is 0 Å². The average molecular weight is 292 g/mol. The Hall–Kier alpha value is -2.48. The molecule has 104 valence electrons. The molecule has 0 bridgehead atoms. The monoisotopic (exact) mass is 292 g/mol. The van der Waals surface area contributed by atoms with Crippen molar-refractivity contribution >= 4 is 28.6 Å². The van der Waals surface area contributed by atoms with Crippen LogP contribution in [0.4, 0.5) is 11.4 Å². The Morgan fingerprint density at radius 1 is 1.50 bits per heavy atom. The van der Waals surface area contributed by atoms with Crippen molar-refractivity contribution in [2.24, 2.45) is 0 Å². The van der Waals surface area contributed by atoms with Gasteiger partial charge in [-0.1, -0.05) is 6.07 Å².